The summed E-state index contributed by atoms with van der Waals surface area (Å²) in [6, 6.07) is 7.05. The van der Waals surface area contributed by atoms with Gasteiger partial charge in [-0.3, -0.25) is 9.59 Å². The largest absolute Gasteiger partial charge is 0.367 e. The number of hydrogen-bond acceptors (Lipinski definition) is 3. The molecule has 1 saturated heterocycles. The molecular weight excluding hydrogens is 292 g/mol. The van der Waals surface area contributed by atoms with Crippen molar-refractivity contribution in [1.29, 1.82) is 0 Å². The van der Waals surface area contributed by atoms with Crippen LogP contribution in [0.2, 0.25) is 0 Å². The lowest BCUT2D eigenvalue weighted by atomic mass is 9.94. The zero-order valence-electron chi connectivity index (χ0n) is 14.3. The van der Waals surface area contributed by atoms with Crippen molar-refractivity contribution >= 4 is 11.8 Å². The first kappa shape index (κ1) is 17.5. The highest BCUT2D eigenvalue weighted by Crippen LogP contribution is 2.37. The van der Waals surface area contributed by atoms with E-state index in [0.717, 1.165) is 12.0 Å². The van der Waals surface area contributed by atoms with Gasteiger partial charge in [-0.15, -0.1) is 0 Å². The second-order valence-electron chi connectivity index (χ2n) is 7.35. The van der Waals surface area contributed by atoms with E-state index >= 15 is 0 Å². The van der Waals surface area contributed by atoms with E-state index in [2.05, 4.69) is 5.32 Å². The minimum absolute atomic E-state index is 0.0160. The van der Waals surface area contributed by atoms with Crippen molar-refractivity contribution in [2.45, 2.75) is 64.2 Å². The Morgan fingerprint density at radius 3 is 2.30 bits per heavy atom. The summed E-state index contributed by atoms with van der Waals surface area (Å²) >= 11 is 0. The topological polar surface area (TPSA) is 81.4 Å². The third-order valence-corrected chi connectivity index (χ3v) is 4.29. The van der Waals surface area contributed by atoms with Crippen LogP contribution in [0.1, 0.15) is 56.5 Å². The van der Waals surface area contributed by atoms with Crippen molar-refractivity contribution in [3.63, 3.8) is 0 Å². The molecule has 0 aromatic heterocycles. The van der Waals surface area contributed by atoms with Gasteiger partial charge in [-0.05, 0) is 58.2 Å². The number of ether oxygens (including phenoxy) is 1. The van der Waals surface area contributed by atoms with Gasteiger partial charge in [0.15, 0.2) is 0 Å². The Morgan fingerprint density at radius 1 is 1.22 bits per heavy atom. The maximum absolute atomic E-state index is 12.2. The fourth-order valence-electron chi connectivity index (χ4n) is 3.15. The first-order valence-corrected chi connectivity index (χ1v) is 7.97. The van der Waals surface area contributed by atoms with E-state index in [9.17, 15) is 9.59 Å². The Morgan fingerprint density at radius 2 is 1.83 bits per heavy atom. The molecule has 0 aliphatic carbocycles. The molecule has 1 heterocycles. The average Bonchev–Trinajstić information content (AvgIpc) is 2.64. The summed E-state index contributed by atoms with van der Waals surface area (Å²) in [5.41, 5.74) is 6.12. The number of carbonyl (C=O) groups is 2. The molecule has 0 spiro atoms. The predicted octanol–water partition coefficient (Wildman–Crippen LogP) is 2.18. The zero-order chi connectivity index (χ0) is 17.3. The monoisotopic (exact) mass is 318 g/mol. The van der Waals surface area contributed by atoms with Crippen molar-refractivity contribution in [3.8, 4) is 0 Å². The van der Waals surface area contributed by atoms with Gasteiger partial charge in [0.2, 0.25) is 11.8 Å². The average molecular weight is 318 g/mol. The van der Waals surface area contributed by atoms with Crippen LogP contribution < -0.4 is 11.1 Å². The van der Waals surface area contributed by atoms with E-state index in [0.29, 0.717) is 18.4 Å². The van der Waals surface area contributed by atoms with Crippen molar-refractivity contribution < 1.29 is 14.3 Å². The van der Waals surface area contributed by atoms with Crippen LogP contribution in [0, 0.1) is 0 Å². The van der Waals surface area contributed by atoms with Crippen LogP contribution in [0.3, 0.4) is 0 Å². The van der Waals surface area contributed by atoms with Crippen LogP contribution in [-0.2, 0) is 16.0 Å². The number of nitrogens with two attached hydrogens (primary N) is 1. The summed E-state index contributed by atoms with van der Waals surface area (Å²) in [6.07, 6.45) is 1.84. The Labute approximate surface area is 137 Å². The summed E-state index contributed by atoms with van der Waals surface area (Å²) in [4.78, 5) is 23.2. The zero-order valence-corrected chi connectivity index (χ0v) is 14.3. The first-order valence-electron chi connectivity index (χ1n) is 7.97. The Bertz CT molecular complexity index is 591. The summed E-state index contributed by atoms with van der Waals surface area (Å²) in [6.45, 7) is 8.10. The van der Waals surface area contributed by atoms with Gasteiger partial charge in [-0.25, -0.2) is 0 Å². The molecule has 1 aliphatic rings. The van der Waals surface area contributed by atoms with Crippen LogP contribution in [-0.4, -0.2) is 29.1 Å². The van der Waals surface area contributed by atoms with E-state index in [4.69, 9.17) is 10.5 Å². The van der Waals surface area contributed by atoms with Gasteiger partial charge in [0.25, 0.3) is 0 Å². The number of rotatable bonds is 5. The second-order valence-corrected chi connectivity index (χ2v) is 7.35. The molecule has 5 heteroatoms. The molecule has 3 N–H and O–H groups in total. The number of hydrogen-bond donors (Lipinski definition) is 2. The van der Waals surface area contributed by atoms with Crippen LogP contribution >= 0.6 is 0 Å². The lowest BCUT2D eigenvalue weighted by Gasteiger charge is -2.27. The Balaban J connectivity index is 1.87. The number of carbonyl (C=O) groups excluding carboxylic acids is 2. The van der Waals surface area contributed by atoms with Gasteiger partial charge < -0.3 is 15.8 Å². The molecule has 1 aliphatic heterocycles. The molecular formula is C18H26N2O3. The SMILES string of the molecule is CC1(C)C[C@H](NC(=O)CCc2ccc(C(N)=O)cc2)C(C)(C)O1. The van der Waals surface area contributed by atoms with Gasteiger partial charge in [0, 0.05) is 12.0 Å². The van der Waals surface area contributed by atoms with Crippen molar-refractivity contribution in [3.05, 3.63) is 35.4 Å². The number of amides is 2. The van der Waals surface area contributed by atoms with Crippen LogP contribution in [0.25, 0.3) is 0 Å². The Hall–Kier alpha value is -1.88. The maximum atomic E-state index is 12.2. The molecule has 2 amide bonds. The maximum Gasteiger partial charge on any atom is 0.248 e. The minimum atomic E-state index is -0.444. The van der Waals surface area contributed by atoms with Crippen LogP contribution in [0.15, 0.2) is 24.3 Å². The van der Waals surface area contributed by atoms with E-state index in [1.54, 1.807) is 12.1 Å². The summed E-state index contributed by atoms with van der Waals surface area (Å²) in [5, 5.41) is 3.09. The Kier molecular flexibility index (Phi) is 4.80. The molecule has 1 aromatic carbocycles. The molecule has 2 rings (SSSR count). The number of primary amides is 1. The number of benzene rings is 1. The van der Waals surface area contributed by atoms with E-state index in [1.807, 2.05) is 39.8 Å². The lowest BCUT2D eigenvalue weighted by molar-refractivity contribution is -0.123. The first-order chi connectivity index (χ1) is 10.6. The molecule has 5 nitrogen and oxygen atoms in total. The fourth-order valence-corrected chi connectivity index (χ4v) is 3.15. The van der Waals surface area contributed by atoms with Crippen LogP contribution in [0.5, 0.6) is 0 Å². The number of nitrogens with one attached hydrogen (secondary N) is 1. The van der Waals surface area contributed by atoms with Gasteiger partial charge in [-0.2, -0.15) is 0 Å². The van der Waals surface area contributed by atoms with Gasteiger partial charge in [0.1, 0.15) is 0 Å². The normalized spacial score (nSPS) is 21.8. The van der Waals surface area contributed by atoms with Gasteiger partial charge >= 0.3 is 0 Å². The third-order valence-electron chi connectivity index (χ3n) is 4.29. The molecule has 23 heavy (non-hydrogen) atoms. The highest BCUT2D eigenvalue weighted by atomic mass is 16.5. The number of aryl methyl sites for hydroxylation is 1. The summed E-state index contributed by atoms with van der Waals surface area (Å²) < 4.78 is 5.99. The van der Waals surface area contributed by atoms with Crippen molar-refractivity contribution in [2.24, 2.45) is 5.73 Å². The lowest BCUT2D eigenvalue weighted by Crippen LogP contribution is -2.46. The van der Waals surface area contributed by atoms with Crippen molar-refractivity contribution in [2.75, 3.05) is 0 Å². The fraction of sp³-hybridized carbons (Fsp3) is 0.556. The molecule has 0 bridgehead atoms. The van der Waals surface area contributed by atoms with Crippen molar-refractivity contribution in [1.82, 2.24) is 5.32 Å². The van der Waals surface area contributed by atoms with Crippen LogP contribution in [0.4, 0.5) is 0 Å². The molecule has 0 unspecified atom stereocenters. The predicted molar refractivity (Wildman–Crippen MR) is 89.1 cm³/mol. The minimum Gasteiger partial charge on any atom is -0.367 e. The third kappa shape index (κ3) is 4.55. The van der Waals surface area contributed by atoms with E-state index in [-0.39, 0.29) is 23.2 Å². The van der Waals surface area contributed by atoms with Gasteiger partial charge in [0.05, 0.1) is 17.2 Å². The molecule has 1 aromatic rings. The second kappa shape index (κ2) is 6.32. The molecule has 1 fully saturated rings. The summed E-state index contributed by atoms with van der Waals surface area (Å²) in [7, 11) is 0. The molecule has 0 radical (unpaired) electrons. The molecule has 126 valence electrons. The standard InChI is InChI=1S/C18H26N2O3/c1-17(2)11-14(18(3,4)23-17)20-15(21)10-7-12-5-8-13(9-6-12)16(19)22/h5-6,8-9,14H,7,10-11H2,1-4H3,(H2,19,22)(H,20,21)/t14-/m0/s1. The quantitative estimate of drug-likeness (QED) is 0.873. The van der Waals surface area contributed by atoms with E-state index in [1.165, 1.54) is 0 Å². The van der Waals surface area contributed by atoms with E-state index < -0.39 is 5.91 Å². The molecule has 0 saturated carbocycles. The smallest absolute Gasteiger partial charge is 0.248 e. The molecule has 1 atom stereocenters. The van der Waals surface area contributed by atoms with Gasteiger partial charge in [-0.1, -0.05) is 12.1 Å². The highest BCUT2D eigenvalue weighted by Gasteiger charge is 2.46. The summed E-state index contributed by atoms with van der Waals surface area (Å²) in [5.74, 6) is -0.427. The highest BCUT2D eigenvalue weighted by molar-refractivity contribution is 5.92.